The fourth-order valence-electron chi connectivity index (χ4n) is 2.63. The van der Waals surface area contributed by atoms with Gasteiger partial charge >= 0.3 is 11.9 Å². The molecular formula is C15H18O6. The third-order valence-corrected chi connectivity index (χ3v) is 3.87. The summed E-state index contributed by atoms with van der Waals surface area (Å²) >= 11 is 0. The van der Waals surface area contributed by atoms with E-state index in [-0.39, 0.29) is 5.92 Å². The maximum atomic E-state index is 12.0. The van der Waals surface area contributed by atoms with E-state index in [2.05, 4.69) is 0 Å². The van der Waals surface area contributed by atoms with Gasteiger partial charge in [0.2, 0.25) is 0 Å². The molecule has 6 heteroatoms. The van der Waals surface area contributed by atoms with Crippen LogP contribution in [0.15, 0.2) is 18.2 Å². The Bertz CT molecular complexity index is 549. The first-order chi connectivity index (χ1) is 10.0. The number of hydrogen-bond acceptors (Lipinski definition) is 6. The lowest BCUT2D eigenvalue weighted by atomic mass is 9.99. The Hall–Kier alpha value is -2.24. The van der Waals surface area contributed by atoms with E-state index in [1.54, 1.807) is 25.3 Å². The molecule has 1 saturated carbocycles. The molecule has 114 valence electrons. The monoisotopic (exact) mass is 294 g/mol. The van der Waals surface area contributed by atoms with Crippen LogP contribution >= 0.6 is 0 Å². The smallest absolute Gasteiger partial charge is 0.323 e. The molecule has 1 aromatic carbocycles. The summed E-state index contributed by atoms with van der Waals surface area (Å²) in [4.78, 5) is 24.0. The van der Waals surface area contributed by atoms with Crippen molar-refractivity contribution in [2.24, 2.45) is 5.41 Å². The second-order valence-electron chi connectivity index (χ2n) is 4.83. The molecule has 1 aliphatic rings. The minimum Gasteiger partial charge on any atom is -0.493 e. The molecule has 0 bridgehead atoms. The van der Waals surface area contributed by atoms with Gasteiger partial charge in [0.25, 0.3) is 0 Å². The van der Waals surface area contributed by atoms with Gasteiger partial charge in [-0.15, -0.1) is 0 Å². The van der Waals surface area contributed by atoms with Gasteiger partial charge in [-0.2, -0.15) is 0 Å². The van der Waals surface area contributed by atoms with Crippen molar-refractivity contribution in [1.82, 2.24) is 0 Å². The third kappa shape index (κ3) is 2.30. The van der Waals surface area contributed by atoms with E-state index in [0.717, 1.165) is 5.56 Å². The highest BCUT2D eigenvalue weighted by molar-refractivity contribution is 6.05. The van der Waals surface area contributed by atoms with E-state index in [4.69, 9.17) is 18.9 Å². The highest BCUT2D eigenvalue weighted by atomic mass is 16.5. The minimum absolute atomic E-state index is 0.280. The Labute approximate surface area is 122 Å². The number of ether oxygens (including phenoxy) is 4. The zero-order valence-corrected chi connectivity index (χ0v) is 12.5. The van der Waals surface area contributed by atoms with Crippen LogP contribution in [0.25, 0.3) is 0 Å². The van der Waals surface area contributed by atoms with E-state index < -0.39 is 17.4 Å². The first kappa shape index (κ1) is 15.2. The number of rotatable bonds is 5. The largest absolute Gasteiger partial charge is 0.493 e. The fourth-order valence-corrected chi connectivity index (χ4v) is 2.63. The summed E-state index contributed by atoms with van der Waals surface area (Å²) in [6.07, 6.45) is 0.363. The van der Waals surface area contributed by atoms with Crippen molar-refractivity contribution in [1.29, 1.82) is 0 Å². The minimum atomic E-state index is -1.25. The van der Waals surface area contributed by atoms with Crippen LogP contribution in [0, 0.1) is 5.41 Å². The second kappa shape index (κ2) is 5.63. The quantitative estimate of drug-likeness (QED) is 0.606. The standard InChI is InChI=1S/C15H18O6/c1-18-11-6-5-9(7-12(11)19-2)10-8-15(10,13(16)20-3)14(17)21-4/h5-7,10H,8H2,1-4H3. The van der Waals surface area contributed by atoms with Crippen LogP contribution in [-0.2, 0) is 19.1 Å². The molecule has 0 radical (unpaired) electrons. The average Bonchev–Trinajstić information content (AvgIpc) is 3.29. The summed E-state index contributed by atoms with van der Waals surface area (Å²) in [5, 5.41) is 0. The molecule has 0 amide bonds. The Morgan fingerprint density at radius 2 is 1.57 bits per heavy atom. The molecule has 0 aliphatic heterocycles. The first-order valence-corrected chi connectivity index (χ1v) is 6.43. The summed E-state index contributed by atoms with van der Waals surface area (Å²) in [6.45, 7) is 0. The van der Waals surface area contributed by atoms with Crippen molar-refractivity contribution in [3.63, 3.8) is 0 Å². The van der Waals surface area contributed by atoms with Gasteiger partial charge < -0.3 is 18.9 Å². The predicted molar refractivity (Wildman–Crippen MR) is 73.4 cm³/mol. The molecule has 1 atom stereocenters. The van der Waals surface area contributed by atoms with Gasteiger partial charge in [0.1, 0.15) is 0 Å². The Balaban J connectivity index is 2.36. The normalized spacial score (nSPS) is 18.6. The molecule has 1 fully saturated rings. The zero-order valence-electron chi connectivity index (χ0n) is 12.5. The van der Waals surface area contributed by atoms with Crippen molar-refractivity contribution >= 4 is 11.9 Å². The van der Waals surface area contributed by atoms with Crippen molar-refractivity contribution in [2.45, 2.75) is 12.3 Å². The number of methoxy groups -OCH3 is 4. The third-order valence-electron chi connectivity index (χ3n) is 3.87. The number of hydrogen-bond donors (Lipinski definition) is 0. The van der Waals surface area contributed by atoms with E-state index in [0.29, 0.717) is 17.9 Å². The van der Waals surface area contributed by atoms with Gasteiger partial charge in [-0.3, -0.25) is 9.59 Å². The molecular weight excluding hydrogens is 276 g/mol. The first-order valence-electron chi connectivity index (χ1n) is 6.43. The Morgan fingerprint density at radius 3 is 2.05 bits per heavy atom. The lowest BCUT2D eigenvalue weighted by molar-refractivity contribution is -0.161. The van der Waals surface area contributed by atoms with Crippen molar-refractivity contribution in [3.05, 3.63) is 23.8 Å². The summed E-state index contributed by atoms with van der Waals surface area (Å²) in [5.74, 6) is -0.297. The van der Waals surface area contributed by atoms with Gasteiger partial charge in [-0.1, -0.05) is 6.07 Å². The van der Waals surface area contributed by atoms with Crippen LogP contribution in [0.2, 0.25) is 0 Å². The van der Waals surface area contributed by atoms with Crippen molar-refractivity contribution in [2.75, 3.05) is 28.4 Å². The summed E-state index contributed by atoms with van der Waals surface area (Å²) in [6, 6.07) is 5.31. The van der Waals surface area contributed by atoms with Gasteiger partial charge in [0, 0.05) is 5.92 Å². The molecule has 0 spiro atoms. The van der Waals surface area contributed by atoms with Gasteiger partial charge in [0.05, 0.1) is 28.4 Å². The van der Waals surface area contributed by atoms with Crippen molar-refractivity contribution < 1.29 is 28.5 Å². The van der Waals surface area contributed by atoms with Crippen LogP contribution in [0.5, 0.6) is 11.5 Å². The number of carbonyl (C=O) groups excluding carboxylic acids is 2. The highest BCUT2D eigenvalue weighted by Gasteiger charge is 2.68. The van der Waals surface area contributed by atoms with Crippen LogP contribution in [0.1, 0.15) is 17.9 Å². The molecule has 1 aromatic rings. The summed E-state index contributed by atoms with van der Waals surface area (Å²) in [5.41, 5.74) is -0.438. The van der Waals surface area contributed by atoms with Gasteiger partial charge in [-0.05, 0) is 24.1 Å². The Morgan fingerprint density at radius 1 is 1.00 bits per heavy atom. The van der Waals surface area contributed by atoms with Crippen LogP contribution in [0.4, 0.5) is 0 Å². The van der Waals surface area contributed by atoms with E-state index in [1.807, 2.05) is 0 Å². The van der Waals surface area contributed by atoms with E-state index in [1.165, 1.54) is 21.3 Å². The van der Waals surface area contributed by atoms with E-state index in [9.17, 15) is 9.59 Å². The SMILES string of the molecule is COC(=O)C1(C(=O)OC)CC1c1ccc(OC)c(OC)c1. The maximum absolute atomic E-state index is 12.0. The summed E-state index contributed by atoms with van der Waals surface area (Å²) in [7, 11) is 5.60. The van der Waals surface area contributed by atoms with Crippen LogP contribution in [-0.4, -0.2) is 40.4 Å². The molecule has 6 nitrogen and oxygen atoms in total. The average molecular weight is 294 g/mol. The molecule has 0 heterocycles. The van der Waals surface area contributed by atoms with Gasteiger partial charge in [0.15, 0.2) is 16.9 Å². The topological polar surface area (TPSA) is 71.1 Å². The van der Waals surface area contributed by atoms with Crippen LogP contribution < -0.4 is 9.47 Å². The van der Waals surface area contributed by atoms with Crippen LogP contribution in [0.3, 0.4) is 0 Å². The molecule has 2 rings (SSSR count). The molecule has 1 aliphatic carbocycles. The Kier molecular flexibility index (Phi) is 4.06. The maximum Gasteiger partial charge on any atom is 0.323 e. The lowest BCUT2D eigenvalue weighted by Crippen LogP contribution is -2.30. The number of esters is 2. The fraction of sp³-hybridized carbons (Fsp3) is 0.467. The molecule has 0 N–H and O–H groups in total. The molecule has 21 heavy (non-hydrogen) atoms. The zero-order chi connectivity index (χ0) is 15.6. The predicted octanol–water partition coefficient (Wildman–Crippen LogP) is 1.52. The highest BCUT2D eigenvalue weighted by Crippen LogP contribution is 2.61. The second-order valence-corrected chi connectivity index (χ2v) is 4.83. The van der Waals surface area contributed by atoms with Crippen molar-refractivity contribution in [3.8, 4) is 11.5 Å². The summed E-state index contributed by atoms with van der Waals surface area (Å²) < 4.78 is 19.9. The van der Waals surface area contributed by atoms with Gasteiger partial charge in [-0.25, -0.2) is 0 Å². The number of carbonyl (C=O) groups is 2. The molecule has 1 unspecified atom stereocenters. The van der Waals surface area contributed by atoms with E-state index >= 15 is 0 Å². The molecule has 0 saturated heterocycles. The number of benzene rings is 1. The molecule has 0 aromatic heterocycles. The lowest BCUT2D eigenvalue weighted by Gasteiger charge is -2.14.